The van der Waals surface area contributed by atoms with Crippen LogP contribution in [0, 0.1) is 29.3 Å². The number of benzene rings is 3. The zero-order valence-corrected chi connectivity index (χ0v) is 14.3. The predicted octanol–water partition coefficient (Wildman–Crippen LogP) is 6.12. The molecule has 3 rings (SSSR count). The normalized spacial score (nSPS) is 10.3. The summed E-state index contributed by atoms with van der Waals surface area (Å²) in [5.74, 6) is 1.53. The van der Waals surface area contributed by atoms with Gasteiger partial charge in [0, 0.05) is 11.1 Å². The maximum atomic E-state index is 13.2. The summed E-state index contributed by atoms with van der Waals surface area (Å²) in [7, 11) is 0. The van der Waals surface area contributed by atoms with E-state index in [9.17, 15) is 13.2 Å². The van der Waals surface area contributed by atoms with Crippen LogP contribution in [0.2, 0.25) is 0 Å². The average Bonchev–Trinajstić information content (AvgIpc) is 2.66. The Morgan fingerprint density at radius 3 is 1.73 bits per heavy atom. The van der Waals surface area contributed by atoms with Crippen molar-refractivity contribution in [3.8, 4) is 23.0 Å². The van der Waals surface area contributed by atoms with Gasteiger partial charge in [-0.1, -0.05) is 61.6 Å². The van der Waals surface area contributed by atoms with E-state index in [1.54, 1.807) is 0 Å². The molecule has 26 heavy (non-hydrogen) atoms. The quantitative estimate of drug-likeness (QED) is 0.394. The second-order valence-corrected chi connectivity index (χ2v) is 6.03. The third kappa shape index (κ3) is 4.15. The van der Waals surface area contributed by atoms with Gasteiger partial charge in [-0.25, -0.2) is 13.2 Å². The molecule has 0 heterocycles. The smallest absolute Gasteiger partial charge is 0.194 e. The largest absolute Gasteiger partial charge is 0.204 e. The van der Waals surface area contributed by atoms with Crippen molar-refractivity contribution in [2.24, 2.45) is 0 Å². The molecule has 0 N–H and O–H groups in total. The molecule has 0 aliphatic carbocycles. The van der Waals surface area contributed by atoms with E-state index in [0.717, 1.165) is 36.1 Å². The summed E-state index contributed by atoms with van der Waals surface area (Å²) in [5.41, 5.74) is 4.31. The molecule has 0 amide bonds. The first kappa shape index (κ1) is 17.8. The summed E-state index contributed by atoms with van der Waals surface area (Å²) >= 11 is 0. The van der Waals surface area contributed by atoms with E-state index in [0.29, 0.717) is 5.56 Å². The summed E-state index contributed by atoms with van der Waals surface area (Å²) in [5, 5.41) is 0. The van der Waals surface area contributed by atoms with Gasteiger partial charge < -0.3 is 0 Å². The topological polar surface area (TPSA) is 0 Å². The van der Waals surface area contributed by atoms with E-state index >= 15 is 0 Å². The van der Waals surface area contributed by atoms with Gasteiger partial charge in [-0.05, 0) is 47.4 Å². The Labute approximate surface area is 151 Å². The lowest BCUT2D eigenvalue weighted by Gasteiger charge is -2.04. The van der Waals surface area contributed by atoms with E-state index < -0.39 is 17.5 Å². The van der Waals surface area contributed by atoms with Crippen molar-refractivity contribution in [1.82, 2.24) is 0 Å². The maximum Gasteiger partial charge on any atom is 0.194 e. The first-order valence-electron chi connectivity index (χ1n) is 8.43. The highest BCUT2D eigenvalue weighted by Gasteiger charge is 2.09. The van der Waals surface area contributed by atoms with Gasteiger partial charge in [-0.15, -0.1) is 0 Å². The van der Waals surface area contributed by atoms with Crippen molar-refractivity contribution >= 4 is 0 Å². The van der Waals surface area contributed by atoms with Crippen LogP contribution in [-0.2, 0) is 6.42 Å². The van der Waals surface area contributed by atoms with Crippen molar-refractivity contribution in [2.75, 3.05) is 0 Å². The molecule has 0 spiro atoms. The minimum absolute atomic E-state index is 0.0944. The van der Waals surface area contributed by atoms with Crippen LogP contribution in [0.15, 0.2) is 60.7 Å². The second kappa shape index (κ2) is 7.93. The van der Waals surface area contributed by atoms with Crippen molar-refractivity contribution in [2.45, 2.75) is 19.8 Å². The van der Waals surface area contributed by atoms with Crippen molar-refractivity contribution in [3.05, 3.63) is 94.8 Å². The van der Waals surface area contributed by atoms with Gasteiger partial charge in [0.1, 0.15) is 0 Å². The van der Waals surface area contributed by atoms with Crippen LogP contribution < -0.4 is 0 Å². The summed E-state index contributed by atoms with van der Waals surface area (Å²) in [6, 6.07) is 17.8. The number of hydrogen-bond acceptors (Lipinski definition) is 0. The monoisotopic (exact) mass is 350 g/mol. The van der Waals surface area contributed by atoms with Crippen LogP contribution in [0.3, 0.4) is 0 Å². The third-order valence-electron chi connectivity index (χ3n) is 4.05. The van der Waals surface area contributed by atoms with Crippen molar-refractivity contribution in [3.63, 3.8) is 0 Å². The number of hydrogen-bond donors (Lipinski definition) is 0. The van der Waals surface area contributed by atoms with E-state index in [1.807, 2.05) is 24.3 Å². The molecule has 3 aromatic rings. The van der Waals surface area contributed by atoms with Gasteiger partial charge >= 0.3 is 0 Å². The van der Waals surface area contributed by atoms with Crippen LogP contribution in [0.4, 0.5) is 13.2 Å². The maximum absolute atomic E-state index is 13.2. The van der Waals surface area contributed by atoms with Crippen molar-refractivity contribution < 1.29 is 13.2 Å². The van der Waals surface area contributed by atoms with E-state index in [-0.39, 0.29) is 5.56 Å². The predicted molar refractivity (Wildman–Crippen MR) is 98.2 cm³/mol. The number of rotatable bonds is 3. The molecule has 3 aromatic carbocycles. The van der Waals surface area contributed by atoms with Gasteiger partial charge in [-0.3, -0.25) is 0 Å². The highest BCUT2D eigenvalue weighted by Crippen LogP contribution is 2.21. The molecule has 0 atom stereocenters. The SMILES string of the molecule is CCCc1ccc(-c2ccc(C#Cc3cc(F)c(F)c(F)c3)cc2)cc1. The lowest BCUT2D eigenvalue weighted by Crippen LogP contribution is -1.91. The molecule has 0 radical (unpaired) electrons. The summed E-state index contributed by atoms with van der Waals surface area (Å²) in [6.45, 7) is 2.16. The highest BCUT2D eigenvalue weighted by atomic mass is 19.2. The van der Waals surface area contributed by atoms with Crippen LogP contribution in [-0.4, -0.2) is 0 Å². The first-order chi connectivity index (χ1) is 12.6. The molecule has 130 valence electrons. The first-order valence-corrected chi connectivity index (χ1v) is 8.43. The van der Waals surface area contributed by atoms with E-state index in [2.05, 4.69) is 43.0 Å². The Kier molecular flexibility index (Phi) is 5.43. The molecule has 0 aromatic heterocycles. The molecule has 0 unspecified atom stereocenters. The molecule has 0 saturated heterocycles. The van der Waals surface area contributed by atoms with Gasteiger partial charge in [0.15, 0.2) is 17.5 Å². The fourth-order valence-electron chi connectivity index (χ4n) is 2.67. The molecule has 0 aliphatic heterocycles. The van der Waals surface area contributed by atoms with E-state index in [4.69, 9.17) is 0 Å². The molecule has 0 fully saturated rings. The van der Waals surface area contributed by atoms with Crippen LogP contribution in [0.1, 0.15) is 30.0 Å². The third-order valence-corrected chi connectivity index (χ3v) is 4.05. The van der Waals surface area contributed by atoms with Crippen LogP contribution >= 0.6 is 0 Å². The minimum atomic E-state index is -1.48. The molecule has 0 saturated carbocycles. The average molecular weight is 350 g/mol. The molecular formula is C23H17F3. The fraction of sp³-hybridized carbons (Fsp3) is 0.130. The number of aryl methyl sites for hydroxylation is 1. The highest BCUT2D eigenvalue weighted by molar-refractivity contribution is 5.64. The van der Waals surface area contributed by atoms with Crippen LogP contribution in [0.5, 0.6) is 0 Å². The summed E-state index contributed by atoms with van der Waals surface area (Å²) in [6.07, 6.45) is 2.19. The molecular weight excluding hydrogens is 333 g/mol. The summed E-state index contributed by atoms with van der Waals surface area (Å²) in [4.78, 5) is 0. The number of halogens is 3. The van der Waals surface area contributed by atoms with Gasteiger partial charge in [-0.2, -0.15) is 0 Å². The molecule has 3 heteroatoms. The van der Waals surface area contributed by atoms with Gasteiger partial charge in [0.25, 0.3) is 0 Å². The zero-order valence-electron chi connectivity index (χ0n) is 14.3. The zero-order chi connectivity index (χ0) is 18.5. The van der Waals surface area contributed by atoms with E-state index in [1.165, 1.54) is 5.56 Å². The Morgan fingerprint density at radius 1 is 0.692 bits per heavy atom. The Hall–Kier alpha value is -2.99. The summed E-state index contributed by atoms with van der Waals surface area (Å²) < 4.78 is 39.4. The fourth-order valence-corrected chi connectivity index (χ4v) is 2.67. The lowest BCUT2D eigenvalue weighted by atomic mass is 10.0. The minimum Gasteiger partial charge on any atom is -0.204 e. The second-order valence-electron chi connectivity index (χ2n) is 6.03. The van der Waals surface area contributed by atoms with Crippen molar-refractivity contribution in [1.29, 1.82) is 0 Å². The Bertz CT molecular complexity index is 936. The Balaban J connectivity index is 1.78. The Morgan fingerprint density at radius 2 is 1.19 bits per heavy atom. The molecule has 0 nitrogen and oxygen atoms in total. The van der Waals surface area contributed by atoms with Crippen LogP contribution in [0.25, 0.3) is 11.1 Å². The standard InChI is InChI=1S/C23H17F3/c1-2-3-16-6-10-19(11-7-16)20-12-8-17(9-13-20)4-5-18-14-21(24)23(26)22(25)15-18/h6-15H,2-3H2,1H3. The van der Waals surface area contributed by atoms with Gasteiger partial charge in [0.05, 0.1) is 0 Å². The molecule has 0 aliphatic rings. The van der Waals surface area contributed by atoms with Gasteiger partial charge in [0.2, 0.25) is 0 Å². The lowest BCUT2D eigenvalue weighted by molar-refractivity contribution is 0.446. The molecule has 0 bridgehead atoms.